The van der Waals surface area contributed by atoms with Gasteiger partial charge in [-0.25, -0.2) is 19.9 Å². The number of hydrogen-bond donors (Lipinski definition) is 0. The van der Waals surface area contributed by atoms with E-state index in [1.165, 1.54) is 0 Å². The zero-order chi connectivity index (χ0) is 30.7. The van der Waals surface area contributed by atoms with Gasteiger partial charge < -0.3 is 0 Å². The first-order valence-electron chi connectivity index (χ1n) is 14.9. The molecule has 0 N–H and O–H groups in total. The highest BCUT2D eigenvalue weighted by atomic mass is 15.4. The SMILES string of the molecule is c1ccc(-c2nc(-c3ccccc3)n(-c3ccc(-c4ccc(-n5nc(-c6ccccc6)nc5-c5ccccc5)nc4)cn3)n2)cc1. The van der Waals surface area contributed by atoms with Crippen LogP contribution in [0, 0.1) is 0 Å². The van der Waals surface area contributed by atoms with Gasteiger partial charge in [0.05, 0.1) is 0 Å². The third-order valence-electron chi connectivity index (χ3n) is 7.61. The molecule has 0 fully saturated rings. The van der Waals surface area contributed by atoms with Gasteiger partial charge >= 0.3 is 0 Å². The first kappa shape index (κ1) is 27.0. The molecule has 0 saturated heterocycles. The van der Waals surface area contributed by atoms with Crippen molar-refractivity contribution in [3.63, 3.8) is 0 Å². The molecule has 0 spiro atoms. The third-order valence-corrected chi connectivity index (χ3v) is 7.61. The predicted octanol–water partition coefficient (Wildman–Crippen LogP) is 7.97. The number of pyridine rings is 2. The lowest BCUT2D eigenvalue weighted by Crippen LogP contribution is -2.03. The summed E-state index contributed by atoms with van der Waals surface area (Å²) in [5.41, 5.74) is 5.67. The summed E-state index contributed by atoms with van der Waals surface area (Å²) in [6.07, 6.45) is 3.67. The van der Waals surface area contributed by atoms with Crippen molar-refractivity contribution in [2.24, 2.45) is 0 Å². The molecule has 0 amide bonds. The monoisotopic (exact) mass is 594 g/mol. The van der Waals surface area contributed by atoms with Crippen LogP contribution in [0.4, 0.5) is 0 Å². The van der Waals surface area contributed by atoms with Gasteiger partial charge in [-0.05, 0) is 24.3 Å². The molecule has 8 nitrogen and oxygen atoms in total. The number of hydrogen-bond acceptors (Lipinski definition) is 6. The molecule has 0 bridgehead atoms. The highest BCUT2D eigenvalue weighted by Gasteiger charge is 2.18. The van der Waals surface area contributed by atoms with Gasteiger partial charge in [-0.2, -0.15) is 9.36 Å². The van der Waals surface area contributed by atoms with Gasteiger partial charge in [0.1, 0.15) is 0 Å². The van der Waals surface area contributed by atoms with Crippen molar-refractivity contribution >= 4 is 0 Å². The van der Waals surface area contributed by atoms with E-state index in [1.807, 2.05) is 158 Å². The molecule has 0 atom stereocenters. The molecule has 0 unspecified atom stereocenters. The maximum atomic E-state index is 4.88. The third kappa shape index (κ3) is 5.24. The standard InChI is InChI=1S/C38H26N8/c1-5-13-27(14-6-1)35-41-37(29-17-9-3-10-18-29)45(43-35)33-23-21-31(25-39-33)32-22-24-34(40-26-32)46-38(30-19-11-4-12-20-30)42-36(44-46)28-15-7-2-8-16-28/h1-26H. The van der Waals surface area contributed by atoms with Gasteiger partial charge in [-0.3, -0.25) is 0 Å². The van der Waals surface area contributed by atoms with Crippen LogP contribution in [0.2, 0.25) is 0 Å². The first-order chi connectivity index (χ1) is 22.8. The minimum atomic E-state index is 0.642. The topological polar surface area (TPSA) is 87.2 Å². The van der Waals surface area contributed by atoms with Crippen molar-refractivity contribution in [2.75, 3.05) is 0 Å². The highest BCUT2D eigenvalue weighted by molar-refractivity contribution is 5.67. The Kier molecular flexibility index (Phi) is 6.97. The van der Waals surface area contributed by atoms with Crippen molar-refractivity contribution in [2.45, 2.75) is 0 Å². The van der Waals surface area contributed by atoms with Crippen molar-refractivity contribution in [1.82, 2.24) is 39.5 Å². The Balaban J connectivity index is 1.12. The second-order valence-electron chi connectivity index (χ2n) is 10.6. The van der Waals surface area contributed by atoms with Crippen LogP contribution in [0.5, 0.6) is 0 Å². The maximum absolute atomic E-state index is 4.88. The van der Waals surface area contributed by atoms with Crippen molar-refractivity contribution in [3.05, 3.63) is 158 Å². The fourth-order valence-corrected chi connectivity index (χ4v) is 5.28. The van der Waals surface area contributed by atoms with E-state index >= 15 is 0 Å². The molecule has 0 aliphatic rings. The van der Waals surface area contributed by atoms with E-state index in [2.05, 4.69) is 0 Å². The normalized spacial score (nSPS) is 11.0. The predicted molar refractivity (Wildman–Crippen MR) is 179 cm³/mol. The van der Waals surface area contributed by atoms with E-state index in [0.717, 1.165) is 45.0 Å². The quantitative estimate of drug-likeness (QED) is 0.186. The Hall–Kier alpha value is -6.54. The van der Waals surface area contributed by atoms with Gasteiger partial charge in [0.2, 0.25) is 0 Å². The molecule has 8 rings (SSSR count). The van der Waals surface area contributed by atoms with Crippen LogP contribution in [0.1, 0.15) is 0 Å². The highest BCUT2D eigenvalue weighted by Crippen LogP contribution is 2.28. The lowest BCUT2D eigenvalue weighted by molar-refractivity contribution is 0.854. The summed E-state index contributed by atoms with van der Waals surface area (Å²) in [7, 11) is 0. The second-order valence-corrected chi connectivity index (χ2v) is 10.6. The Morgan fingerprint density at radius 3 is 1.00 bits per heavy atom. The van der Waals surface area contributed by atoms with Crippen molar-refractivity contribution < 1.29 is 0 Å². The number of benzene rings is 4. The molecule has 0 aliphatic heterocycles. The largest absolute Gasteiger partial charge is 0.236 e. The second kappa shape index (κ2) is 11.9. The van der Waals surface area contributed by atoms with Crippen molar-refractivity contribution in [1.29, 1.82) is 0 Å². The van der Waals surface area contributed by atoms with E-state index in [-0.39, 0.29) is 0 Å². The van der Waals surface area contributed by atoms with Gasteiger partial charge in [0.15, 0.2) is 34.9 Å². The fraction of sp³-hybridized carbons (Fsp3) is 0. The van der Waals surface area contributed by atoms with E-state index in [9.17, 15) is 0 Å². The molecule has 4 aromatic carbocycles. The molecule has 46 heavy (non-hydrogen) atoms. The van der Waals surface area contributed by atoms with Crippen molar-refractivity contribution in [3.8, 4) is 68.3 Å². The average molecular weight is 595 g/mol. The first-order valence-corrected chi connectivity index (χ1v) is 14.9. The molecule has 8 heteroatoms. The lowest BCUT2D eigenvalue weighted by atomic mass is 10.1. The average Bonchev–Trinajstić information content (AvgIpc) is 3.80. The van der Waals surface area contributed by atoms with Crippen LogP contribution >= 0.6 is 0 Å². The van der Waals surface area contributed by atoms with Crippen LogP contribution in [0.25, 0.3) is 68.3 Å². The molecular weight excluding hydrogens is 568 g/mol. The van der Waals surface area contributed by atoms with Crippen LogP contribution in [-0.2, 0) is 0 Å². The summed E-state index contributed by atoms with van der Waals surface area (Å²) in [5.74, 6) is 4.08. The van der Waals surface area contributed by atoms with Gasteiger partial charge in [0.25, 0.3) is 0 Å². The van der Waals surface area contributed by atoms with E-state index in [1.54, 1.807) is 9.36 Å². The summed E-state index contributed by atoms with van der Waals surface area (Å²) in [4.78, 5) is 19.4. The summed E-state index contributed by atoms with van der Waals surface area (Å²) in [6.45, 7) is 0. The number of aromatic nitrogens is 8. The van der Waals surface area contributed by atoms with Crippen LogP contribution < -0.4 is 0 Å². The molecule has 218 valence electrons. The summed E-state index contributed by atoms with van der Waals surface area (Å²) in [5, 5.41) is 9.69. The fourth-order valence-electron chi connectivity index (χ4n) is 5.28. The van der Waals surface area contributed by atoms with E-state index in [4.69, 9.17) is 30.1 Å². The Labute approximate surface area is 265 Å². The summed E-state index contributed by atoms with van der Waals surface area (Å²) >= 11 is 0. The molecule has 0 saturated carbocycles. The zero-order valence-corrected chi connectivity index (χ0v) is 24.6. The number of rotatable bonds is 7. The summed E-state index contributed by atoms with van der Waals surface area (Å²) in [6, 6.07) is 47.9. The van der Waals surface area contributed by atoms with Gasteiger partial charge in [-0.15, -0.1) is 10.2 Å². The van der Waals surface area contributed by atoms with E-state index in [0.29, 0.717) is 23.3 Å². The van der Waals surface area contributed by atoms with Crippen LogP contribution in [0.15, 0.2) is 158 Å². The molecule has 4 heterocycles. The van der Waals surface area contributed by atoms with Crippen LogP contribution in [-0.4, -0.2) is 39.5 Å². The van der Waals surface area contributed by atoms with E-state index < -0.39 is 0 Å². The minimum absolute atomic E-state index is 0.642. The smallest absolute Gasteiger partial charge is 0.182 e. The zero-order valence-electron chi connectivity index (χ0n) is 24.6. The molecule has 0 aliphatic carbocycles. The van der Waals surface area contributed by atoms with Gasteiger partial charge in [0, 0.05) is 45.8 Å². The van der Waals surface area contributed by atoms with Gasteiger partial charge in [-0.1, -0.05) is 121 Å². The number of nitrogens with zero attached hydrogens (tertiary/aromatic N) is 8. The molecule has 4 aromatic heterocycles. The molecular formula is C38H26N8. The molecule has 0 radical (unpaired) electrons. The Morgan fingerprint density at radius 2 is 0.674 bits per heavy atom. The maximum Gasteiger partial charge on any atom is 0.182 e. The lowest BCUT2D eigenvalue weighted by Gasteiger charge is -2.08. The Bertz CT molecular complexity index is 2050. The molecule has 8 aromatic rings. The summed E-state index contributed by atoms with van der Waals surface area (Å²) < 4.78 is 3.59. The Morgan fingerprint density at radius 1 is 0.326 bits per heavy atom. The van der Waals surface area contributed by atoms with Crippen LogP contribution in [0.3, 0.4) is 0 Å². The minimum Gasteiger partial charge on any atom is -0.236 e.